The standard InChI is InChI=1S/C19H21ClF2N4O2/c1-11-7-17(25-19(23)24-11)26-5-2-6-28-10-15(26)13-4-3-12(8-14(13)20)9-16(27)18(21)22/h3-4,7-8,15,18H,2,5-6,9-10H2,1H3,(H2,23,24,25). The Morgan fingerprint density at radius 1 is 1.39 bits per heavy atom. The molecule has 2 heterocycles. The summed E-state index contributed by atoms with van der Waals surface area (Å²) in [6.07, 6.45) is -2.54. The Balaban J connectivity index is 1.93. The monoisotopic (exact) mass is 410 g/mol. The first-order valence-electron chi connectivity index (χ1n) is 8.90. The average molecular weight is 411 g/mol. The predicted molar refractivity (Wildman–Crippen MR) is 103 cm³/mol. The fourth-order valence-corrected chi connectivity index (χ4v) is 3.59. The van der Waals surface area contributed by atoms with Crippen LogP contribution in [0.2, 0.25) is 5.02 Å². The Morgan fingerprint density at radius 3 is 2.86 bits per heavy atom. The summed E-state index contributed by atoms with van der Waals surface area (Å²) in [4.78, 5) is 21.8. The zero-order valence-corrected chi connectivity index (χ0v) is 16.1. The Labute approximate surface area is 166 Å². The number of anilines is 2. The second-order valence-electron chi connectivity index (χ2n) is 6.66. The van der Waals surface area contributed by atoms with Crippen LogP contribution in [0.15, 0.2) is 24.3 Å². The second kappa shape index (κ2) is 8.79. The topological polar surface area (TPSA) is 81.3 Å². The van der Waals surface area contributed by atoms with Gasteiger partial charge in [0.15, 0.2) is 0 Å². The van der Waals surface area contributed by atoms with Gasteiger partial charge >= 0.3 is 0 Å². The van der Waals surface area contributed by atoms with Gasteiger partial charge in [-0.3, -0.25) is 4.79 Å². The molecule has 2 N–H and O–H groups in total. The minimum atomic E-state index is -2.99. The largest absolute Gasteiger partial charge is 0.379 e. The van der Waals surface area contributed by atoms with Crippen molar-refractivity contribution < 1.29 is 18.3 Å². The summed E-state index contributed by atoms with van der Waals surface area (Å²) in [5.74, 6) is -0.269. The Kier molecular flexibility index (Phi) is 6.41. The minimum absolute atomic E-state index is 0.186. The van der Waals surface area contributed by atoms with E-state index in [2.05, 4.69) is 14.9 Å². The molecular weight excluding hydrogens is 390 g/mol. The molecule has 6 nitrogen and oxygen atoms in total. The van der Waals surface area contributed by atoms with Crippen LogP contribution in [-0.4, -0.2) is 41.9 Å². The van der Waals surface area contributed by atoms with Crippen molar-refractivity contribution in [2.45, 2.75) is 32.2 Å². The molecule has 0 amide bonds. The van der Waals surface area contributed by atoms with E-state index in [1.54, 1.807) is 18.2 Å². The number of carbonyl (C=O) groups is 1. The van der Waals surface area contributed by atoms with Crippen LogP contribution in [0.25, 0.3) is 0 Å². The predicted octanol–water partition coefficient (Wildman–Crippen LogP) is 3.37. The van der Waals surface area contributed by atoms with Gasteiger partial charge in [0.2, 0.25) is 11.7 Å². The number of hydrogen-bond donors (Lipinski definition) is 1. The zero-order chi connectivity index (χ0) is 20.3. The van der Waals surface area contributed by atoms with Crippen molar-refractivity contribution in [2.75, 3.05) is 30.4 Å². The highest BCUT2D eigenvalue weighted by Gasteiger charge is 2.27. The number of benzene rings is 1. The van der Waals surface area contributed by atoms with E-state index in [1.165, 1.54) is 0 Å². The van der Waals surface area contributed by atoms with E-state index in [0.717, 1.165) is 17.7 Å². The Morgan fingerprint density at radius 2 is 2.18 bits per heavy atom. The first-order chi connectivity index (χ1) is 13.3. The van der Waals surface area contributed by atoms with Gasteiger partial charge in [-0.1, -0.05) is 23.7 Å². The number of nitrogens with two attached hydrogens (primary N) is 1. The van der Waals surface area contributed by atoms with Crippen molar-refractivity contribution in [2.24, 2.45) is 0 Å². The number of aromatic nitrogens is 2. The lowest BCUT2D eigenvalue weighted by atomic mass is 10.0. The highest BCUT2D eigenvalue weighted by Crippen LogP contribution is 2.33. The third-order valence-corrected chi connectivity index (χ3v) is 4.86. The maximum atomic E-state index is 12.5. The smallest absolute Gasteiger partial charge is 0.296 e. The lowest BCUT2D eigenvalue weighted by Gasteiger charge is -2.31. The van der Waals surface area contributed by atoms with E-state index >= 15 is 0 Å². The molecular formula is C19H21ClF2N4O2. The zero-order valence-electron chi connectivity index (χ0n) is 15.4. The molecule has 0 bridgehead atoms. The SMILES string of the molecule is Cc1cc(N2CCCOCC2c2ccc(CC(=O)C(F)F)cc2Cl)nc(N)n1. The van der Waals surface area contributed by atoms with Gasteiger partial charge in [-0.05, 0) is 30.5 Å². The molecule has 2 aromatic rings. The van der Waals surface area contributed by atoms with Gasteiger partial charge in [-0.25, -0.2) is 13.8 Å². The maximum absolute atomic E-state index is 12.5. The number of hydrogen-bond acceptors (Lipinski definition) is 6. The van der Waals surface area contributed by atoms with E-state index in [0.29, 0.717) is 36.2 Å². The normalized spacial score (nSPS) is 17.6. The molecule has 1 fully saturated rings. The van der Waals surface area contributed by atoms with Crippen LogP contribution in [0.1, 0.15) is 29.3 Å². The molecule has 0 spiro atoms. The molecule has 0 aliphatic carbocycles. The fourth-order valence-electron chi connectivity index (χ4n) is 3.26. The third kappa shape index (κ3) is 4.74. The lowest BCUT2D eigenvalue weighted by Crippen LogP contribution is -2.32. The number of aryl methyl sites for hydroxylation is 1. The van der Waals surface area contributed by atoms with E-state index < -0.39 is 12.2 Å². The fraction of sp³-hybridized carbons (Fsp3) is 0.421. The van der Waals surface area contributed by atoms with Crippen molar-refractivity contribution in [1.82, 2.24) is 9.97 Å². The van der Waals surface area contributed by atoms with E-state index in [4.69, 9.17) is 22.1 Å². The van der Waals surface area contributed by atoms with E-state index in [-0.39, 0.29) is 18.4 Å². The molecule has 1 atom stereocenters. The summed E-state index contributed by atoms with van der Waals surface area (Å²) in [5, 5.41) is 0.388. The van der Waals surface area contributed by atoms with E-state index in [9.17, 15) is 13.6 Å². The Bertz CT molecular complexity index is 846. The van der Waals surface area contributed by atoms with Gasteiger partial charge in [0.1, 0.15) is 5.82 Å². The molecule has 1 saturated heterocycles. The summed E-state index contributed by atoms with van der Waals surface area (Å²) in [5.41, 5.74) is 7.78. The summed E-state index contributed by atoms with van der Waals surface area (Å²) >= 11 is 6.46. The van der Waals surface area contributed by atoms with Gasteiger partial charge in [0.05, 0.1) is 12.6 Å². The van der Waals surface area contributed by atoms with E-state index in [1.807, 2.05) is 13.0 Å². The minimum Gasteiger partial charge on any atom is -0.379 e. The number of halogens is 3. The van der Waals surface area contributed by atoms with Crippen molar-refractivity contribution >= 4 is 29.2 Å². The van der Waals surface area contributed by atoms with Gasteiger partial charge in [-0.15, -0.1) is 0 Å². The van der Waals surface area contributed by atoms with Crippen LogP contribution in [0, 0.1) is 6.92 Å². The van der Waals surface area contributed by atoms with Crippen molar-refractivity contribution in [1.29, 1.82) is 0 Å². The average Bonchev–Trinajstić information content (AvgIpc) is 2.87. The molecule has 0 saturated carbocycles. The summed E-state index contributed by atoms with van der Waals surface area (Å²) in [7, 11) is 0. The van der Waals surface area contributed by atoms with Crippen LogP contribution in [0.4, 0.5) is 20.5 Å². The van der Waals surface area contributed by atoms with Gasteiger partial charge in [-0.2, -0.15) is 4.98 Å². The number of nitrogens with zero attached hydrogens (tertiary/aromatic N) is 3. The van der Waals surface area contributed by atoms with Gasteiger partial charge in [0.25, 0.3) is 6.43 Å². The molecule has 1 aromatic carbocycles. The molecule has 28 heavy (non-hydrogen) atoms. The van der Waals surface area contributed by atoms with Crippen LogP contribution in [0.5, 0.6) is 0 Å². The number of ether oxygens (including phenoxy) is 1. The summed E-state index contributed by atoms with van der Waals surface area (Å²) < 4.78 is 30.7. The number of ketones is 1. The molecule has 1 aromatic heterocycles. The second-order valence-corrected chi connectivity index (χ2v) is 7.07. The molecule has 9 heteroatoms. The number of alkyl halides is 2. The third-order valence-electron chi connectivity index (χ3n) is 4.54. The van der Waals surface area contributed by atoms with Crippen LogP contribution >= 0.6 is 11.6 Å². The molecule has 150 valence electrons. The van der Waals surface area contributed by atoms with Crippen LogP contribution in [-0.2, 0) is 16.0 Å². The summed E-state index contributed by atoms with van der Waals surface area (Å²) in [6, 6.07) is 6.56. The summed E-state index contributed by atoms with van der Waals surface area (Å²) in [6.45, 7) is 3.51. The van der Waals surface area contributed by atoms with Crippen molar-refractivity contribution in [3.63, 3.8) is 0 Å². The molecule has 3 rings (SSSR count). The molecule has 0 radical (unpaired) electrons. The van der Waals surface area contributed by atoms with Gasteiger partial charge < -0.3 is 15.4 Å². The first kappa shape index (κ1) is 20.4. The Hall–Kier alpha value is -2.32. The van der Waals surface area contributed by atoms with Crippen LogP contribution < -0.4 is 10.6 Å². The molecule has 1 unspecified atom stereocenters. The highest BCUT2D eigenvalue weighted by atomic mass is 35.5. The van der Waals surface area contributed by atoms with Crippen LogP contribution in [0.3, 0.4) is 0 Å². The highest BCUT2D eigenvalue weighted by molar-refractivity contribution is 6.31. The number of carbonyl (C=O) groups excluding carboxylic acids is 1. The number of Topliss-reactive ketones (excluding diaryl/α,β-unsaturated/α-hetero) is 1. The first-order valence-corrected chi connectivity index (χ1v) is 9.27. The number of nitrogen functional groups attached to an aromatic ring is 1. The van der Waals surface area contributed by atoms with Gasteiger partial charge in [0, 0.05) is 36.4 Å². The maximum Gasteiger partial charge on any atom is 0.296 e. The molecule has 1 aliphatic heterocycles. The lowest BCUT2D eigenvalue weighted by molar-refractivity contribution is -0.128. The number of rotatable bonds is 5. The molecule has 1 aliphatic rings. The van der Waals surface area contributed by atoms with Crippen molar-refractivity contribution in [3.8, 4) is 0 Å². The van der Waals surface area contributed by atoms with Crippen molar-refractivity contribution in [3.05, 3.63) is 46.1 Å². The quantitative estimate of drug-likeness (QED) is 0.813.